The normalized spacial score (nSPS) is 14.7. The van der Waals surface area contributed by atoms with Gasteiger partial charge in [0.25, 0.3) is 0 Å². The van der Waals surface area contributed by atoms with Crippen molar-refractivity contribution in [2.24, 2.45) is 0 Å². The van der Waals surface area contributed by atoms with Gasteiger partial charge < -0.3 is 10.3 Å². The maximum absolute atomic E-state index is 4.90. The van der Waals surface area contributed by atoms with E-state index < -0.39 is 0 Å². The van der Waals surface area contributed by atoms with Crippen LogP contribution in [0.1, 0.15) is 52.7 Å². The van der Waals surface area contributed by atoms with Crippen LogP contribution in [0.4, 0.5) is 0 Å². The van der Waals surface area contributed by atoms with Crippen LogP contribution in [0.2, 0.25) is 0 Å². The first-order valence-electron chi connectivity index (χ1n) is 13.6. The summed E-state index contributed by atoms with van der Waals surface area (Å²) in [6.07, 6.45) is 9.26. The second-order valence-corrected chi connectivity index (χ2v) is 10.9. The molecule has 3 aromatic heterocycles. The Balaban J connectivity index is 0.00000323. The van der Waals surface area contributed by atoms with E-state index in [9.17, 15) is 0 Å². The zero-order valence-corrected chi connectivity index (χ0v) is 25.2. The summed E-state index contributed by atoms with van der Waals surface area (Å²) < 4.78 is 0. The van der Waals surface area contributed by atoms with Crippen molar-refractivity contribution in [3.8, 4) is 0 Å². The fourth-order valence-corrected chi connectivity index (χ4v) is 6.14. The van der Waals surface area contributed by atoms with Crippen LogP contribution in [0, 0.1) is 0 Å². The second-order valence-electron chi connectivity index (χ2n) is 10.2. The van der Waals surface area contributed by atoms with E-state index >= 15 is 0 Å². The molecule has 5 aromatic rings. The van der Waals surface area contributed by atoms with Gasteiger partial charge in [0, 0.05) is 32.0 Å². The molecule has 6 rings (SSSR count). The molecule has 2 aromatic carbocycles. The van der Waals surface area contributed by atoms with Crippen molar-refractivity contribution >= 4 is 39.8 Å². The minimum Gasteiger partial charge on any atom is -0.341 e. The van der Waals surface area contributed by atoms with E-state index in [2.05, 4.69) is 87.1 Å². The van der Waals surface area contributed by atoms with Crippen LogP contribution in [0.15, 0.2) is 90.2 Å². The van der Waals surface area contributed by atoms with Crippen molar-refractivity contribution in [3.05, 3.63) is 119 Å². The lowest BCUT2D eigenvalue weighted by Gasteiger charge is -2.34. The minimum absolute atomic E-state index is 0. The zero-order valence-electron chi connectivity index (χ0n) is 22.7. The van der Waals surface area contributed by atoms with E-state index in [0.717, 1.165) is 60.9 Å². The van der Waals surface area contributed by atoms with Crippen molar-refractivity contribution in [2.75, 3.05) is 6.26 Å². The Kier molecular flexibility index (Phi) is 9.65. The zero-order chi connectivity index (χ0) is 26.4. The lowest BCUT2D eigenvalue weighted by molar-refractivity contribution is 0.153. The minimum atomic E-state index is 0. The summed E-state index contributed by atoms with van der Waals surface area (Å²) >= 11 is 1.69. The maximum Gasteiger partial charge on any atom is 0.121 e. The average molecular weight is 616 g/mol. The predicted molar refractivity (Wildman–Crippen MR) is 169 cm³/mol. The van der Waals surface area contributed by atoms with Gasteiger partial charge in [0.1, 0.15) is 10.9 Å². The molecule has 3 heterocycles. The van der Waals surface area contributed by atoms with Crippen LogP contribution in [0.3, 0.4) is 0 Å². The van der Waals surface area contributed by atoms with Crippen LogP contribution in [-0.4, -0.2) is 31.1 Å². The van der Waals surface area contributed by atoms with Crippen LogP contribution < -0.4 is 5.32 Å². The SMILES string of the molecule is Br.CSc1ncccc1CNCc1ccc(CN(Cc2nc3ccccc3[nH]2)C2CCCc3cccnc32)cc1. The van der Waals surface area contributed by atoms with Crippen molar-refractivity contribution in [1.82, 2.24) is 30.2 Å². The summed E-state index contributed by atoms with van der Waals surface area (Å²) in [6.45, 7) is 3.23. The van der Waals surface area contributed by atoms with E-state index in [4.69, 9.17) is 9.97 Å². The van der Waals surface area contributed by atoms with Gasteiger partial charge in [-0.05, 0) is 72.0 Å². The topological polar surface area (TPSA) is 69.7 Å². The Morgan fingerprint density at radius 1 is 0.900 bits per heavy atom. The average Bonchev–Trinajstić information content (AvgIpc) is 3.40. The molecule has 1 unspecified atom stereocenters. The number of aryl methyl sites for hydroxylation is 1. The molecule has 0 spiro atoms. The first kappa shape index (κ1) is 28.5. The third-order valence-corrected chi connectivity index (χ3v) is 8.25. The van der Waals surface area contributed by atoms with Crippen LogP contribution >= 0.6 is 28.7 Å². The molecule has 0 saturated heterocycles. The number of H-pyrrole nitrogens is 1. The number of rotatable bonds is 10. The highest BCUT2D eigenvalue weighted by atomic mass is 79.9. The van der Waals surface area contributed by atoms with Crippen molar-refractivity contribution in [2.45, 2.75) is 56.5 Å². The molecule has 0 saturated carbocycles. The number of halogens is 1. The number of nitrogens with zero attached hydrogens (tertiary/aromatic N) is 4. The summed E-state index contributed by atoms with van der Waals surface area (Å²) in [7, 11) is 0. The number of benzene rings is 2. The Morgan fingerprint density at radius 2 is 1.70 bits per heavy atom. The van der Waals surface area contributed by atoms with Gasteiger partial charge in [-0.15, -0.1) is 28.7 Å². The number of aromatic amines is 1. The summed E-state index contributed by atoms with van der Waals surface area (Å²) in [6, 6.07) is 26.0. The first-order valence-corrected chi connectivity index (χ1v) is 14.9. The van der Waals surface area contributed by atoms with Crippen molar-refractivity contribution in [1.29, 1.82) is 0 Å². The second kappa shape index (κ2) is 13.5. The summed E-state index contributed by atoms with van der Waals surface area (Å²) in [5.74, 6) is 1.00. The van der Waals surface area contributed by atoms with Gasteiger partial charge in [0.05, 0.1) is 29.3 Å². The molecule has 1 aliphatic carbocycles. The highest BCUT2D eigenvalue weighted by Gasteiger charge is 2.28. The predicted octanol–water partition coefficient (Wildman–Crippen LogP) is 7.02. The van der Waals surface area contributed by atoms with E-state index in [1.165, 1.54) is 34.4 Å². The molecule has 2 N–H and O–H groups in total. The highest BCUT2D eigenvalue weighted by Crippen LogP contribution is 2.34. The Bertz CT molecular complexity index is 1500. The molecule has 8 heteroatoms. The fraction of sp³-hybridized carbons (Fsp3) is 0.281. The van der Waals surface area contributed by atoms with E-state index in [-0.39, 0.29) is 23.0 Å². The number of para-hydroxylation sites is 2. The molecule has 0 amide bonds. The number of fused-ring (bicyclic) bond motifs is 2. The number of pyridine rings is 2. The lowest BCUT2D eigenvalue weighted by Crippen LogP contribution is -2.31. The maximum atomic E-state index is 4.90. The molecular formula is C32H35BrN6S. The molecule has 1 aliphatic rings. The molecule has 0 radical (unpaired) electrons. The van der Waals surface area contributed by atoms with Gasteiger partial charge in [0.2, 0.25) is 0 Å². The quantitative estimate of drug-likeness (QED) is 0.165. The summed E-state index contributed by atoms with van der Waals surface area (Å²) in [5, 5.41) is 4.66. The van der Waals surface area contributed by atoms with Crippen LogP contribution in [-0.2, 0) is 32.6 Å². The third-order valence-electron chi connectivity index (χ3n) is 7.49. The smallest absolute Gasteiger partial charge is 0.121 e. The fourth-order valence-electron chi connectivity index (χ4n) is 5.57. The molecule has 0 fully saturated rings. The van der Waals surface area contributed by atoms with Crippen molar-refractivity contribution in [3.63, 3.8) is 0 Å². The van der Waals surface area contributed by atoms with E-state index in [0.29, 0.717) is 0 Å². The van der Waals surface area contributed by atoms with E-state index in [1.54, 1.807) is 11.8 Å². The number of imidazole rings is 1. The molecule has 0 aliphatic heterocycles. The highest BCUT2D eigenvalue weighted by molar-refractivity contribution is 8.93. The summed E-state index contributed by atoms with van der Waals surface area (Å²) in [5.41, 5.74) is 8.52. The number of thioether (sulfide) groups is 1. The molecular weight excluding hydrogens is 580 g/mol. The van der Waals surface area contributed by atoms with Gasteiger partial charge >= 0.3 is 0 Å². The number of hydrogen-bond donors (Lipinski definition) is 2. The standard InChI is InChI=1S/C32H34N6S.BrH/c1-39-32-26(9-6-18-35-32)20-33-19-23-13-15-24(16-14-23)21-38(22-30-36-27-10-2-3-11-28(27)37-30)29-12-4-7-25-8-5-17-34-31(25)29;/h2-3,5-6,8-11,13-18,29,33H,4,7,12,19-22H2,1H3,(H,36,37);1H. The Morgan fingerprint density at radius 3 is 2.55 bits per heavy atom. The van der Waals surface area contributed by atoms with E-state index in [1.807, 2.05) is 24.5 Å². The Hall–Kier alpha value is -3.04. The number of nitrogens with one attached hydrogen (secondary N) is 2. The molecule has 6 nitrogen and oxygen atoms in total. The van der Waals surface area contributed by atoms with Gasteiger partial charge in [-0.1, -0.05) is 48.5 Å². The van der Waals surface area contributed by atoms with Crippen LogP contribution in [0.25, 0.3) is 11.0 Å². The molecule has 206 valence electrons. The molecule has 0 bridgehead atoms. The molecule has 1 atom stereocenters. The van der Waals surface area contributed by atoms with Crippen LogP contribution in [0.5, 0.6) is 0 Å². The van der Waals surface area contributed by atoms with Gasteiger partial charge in [0.15, 0.2) is 0 Å². The van der Waals surface area contributed by atoms with Gasteiger partial charge in [-0.2, -0.15) is 0 Å². The van der Waals surface area contributed by atoms with Gasteiger partial charge in [-0.3, -0.25) is 9.88 Å². The Labute approximate surface area is 250 Å². The number of aromatic nitrogens is 4. The monoisotopic (exact) mass is 614 g/mol. The van der Waals surface area contributed by atoms with Crippen molar-refractivity contribution < 1.29 is 0 Å². The lowest BCUT2D eigenvalue weighted by atomic mass is 9.90. The molecule has 40 heavy (non-hydrogen) atoms. The van der Waals surface area contributed by atoms with Gasteiger partial charge in [-0.25, -0.2) is 9.97 Å². The third kappa shape index (κ3) is 6.63. The largest absolute Gasteiger partial charge is 0.341 e. The number of hydrogen-bond acceptors (Lipinski definition) is 6. The first-order chi connectivity index (χ1) is 19.3. The summed E-state index contributed by atoms with van der Waals surface area (Å²) in [4.78, 5) is 20.3.